The molecule has 1 spiro atoms. The molecule has 0 aromatic heterocycles. The Morgan fingerprint density at radius 1 is 1.29 bits per heavy atom. The largest absolute Gasteiger partial charge is 0.330 e. The van der Waals surface area contributed by atoms with Gasteiger partial charge >= 0.3 is 6.03 Å². The van der Waals surface area contributed by atoms with Gasteiger partial charge in [-0.3, -0.25) is 19.8 Å². The van der Waals surface area contributed by atoms with E-state index in [1.165, 1.54) is 4.90 Å². The number of urea groups is 1. The maximum absolute atomic E-state index is 12.3. The highest BCUT2D eigenvalue weighted by atomic mass is 32.2. The van der Waals surface area contributed by atoms with Gasteiger partial charge in [-0.15, -0.1) is 0 Å². The second-order valence-corrected chi connectivity index (χ2v) is 5.48. The third-order valence-corrected chi connectivity index (χ3v) is 4.12. The van der Waals surface area contributed by atoms with Gasteiger partial charge in [0.15, 0.2) is 0 Å². The van der Waals surface area contributed by atoms with E-state index in [-0.39, 0.29) is 5.91 Å². The molecule has 0 atom stereocenters. The average molecular weight is 256 g/mol. The number of thioether (sulfide) groups is 1. The highest BCUT2D eigenvalue weighted by Crippen LogP contribution is 2.41. The first-order chi connectivity index (χ1) is 8.12. The lowest BCUT2D eigenvalue weighted by Gasteiger charge is -2.36. The van der Waals surface area contributed by atoms with E-state index < -0.39 is 17.4 Å². The highest BCUT2D eigenvalue weighted by Gasteiger charge is 2.54. The van der Waals surface area contributed by atoms with E-state index in [0.29, 0.717) is 25.1 Å². The van der Waals surface area contributed by atoms with Crippen LogP contribution in [0.25, 0.3) is 0 Å². The van der Waals surface area contributed by atoms with Crippen LogP contribution in [0.3, 0.4) is 0 Å². The van der Waals surface area contributed by atoms with E-state index in [1.54, 1.807) is 11.8 Å². The molecule has 2 aliphatic rings. The molecule has 5 nitrogen and oxygen atoms in total. The quantitative estimate of drug-likeness (QED) is 0.765. The third-order valence-electron chi connectivity index (χ3n) is 3.53. The fourth-order valence-corrected chi connectivity index (χ4v) is 2.90. The summed E-state index contributed by atoms with van der Waals surface area (Å²) in [7, 11) is 0. The fourth-order valence-electron chi connectivity index (χ4n) is 2.54. The van der Waals surface area contributed by atoms with Crippen LogP contribution in [0.4, 0.5) is 4.79 Å². The summed E-state index contributed by atoms with van der Waals surface area (Å²) in [6.07, 6.45) is 4.82. The van der Waals surface area contributed by atoms with Crippen molar-refractivity contribution in [1.82, 2.24) is 10.2 Å². The Balaban J connectivity index is 2.21. The van der Waals surface area contributed by atoms with Crippen molar-refractivity contribution in [3.63, 3.8) is 0 Å². The summed E-state index contributed by atoms with van der Waals surface area (Å²) in [5.41, 5.74) is -0.952. The summed E-state index contributed by atoms with van der Waals surface area (Å²) < 4.78 is 0. The fraction of sp³-hybridized carbons (Fsp3) is 0.727. The lowest BCUT2D eigenvalue weighted by Crippen LogP contribution is -2.63. The average Bonchev–Trinajstić information content (AvgIpc) is 2.77. The monoisotopic (exact) mass is 256 g/mol. The van der Waals surface area contributed by atoms with E-state index in [1.807, 2.05) is 6.26 Å². The molecule has 6 heteroatoms. The van der Waals surface area contributed by atoms with E-state index in [2.05, 4.69) is 5.32 Å². The topological polar surface area (TPSA) is 66.5 Å². The van der Waals surface area contributed by atoms with Gasteiger partial charge in [0, 0.05) is 12.3 Å². The smallest absolute Gasteiger partial charge is 0.277 e. The van der Waals surface area contributed by atoms with Crippen LogP contribution in [0.15, 0.2) is 0 Å². The summed E-state index contributed by atoms with van der Waals surface area (Å²) >= 11 is 1.57. The number of hydrogen-bond donors (Lipinski definition) is 1. The minimum atomic E-state index is -0.952. The number of barbiturate groups is 1. The van der Waals surface area contributed by atoms with Gasteiger partial charge in [-0.1, -0.05) is 12.8 Å². The van der Waals surface area contributed by atoms with Crippen LogP contribution < -0.4 is 5.32 Å². The van der Waals surface area contributed by atoms with Crippen LogP contribution >= 0.6 is 11.8 Å². The number of nitrogens with one attached hydrogen (secondary N) is 1. The minimum absolute atomic E-state index is 0.294. The predicted octanol–water partition coefficient (Wildman–Crippen LogP) is 0.988. The van der Waals surface area contributed by atoms with Gasteiger partial charge in [0.2, 0.25) is 11.8 Å². The van der Waals surface area contributed by atoms with Gasteiger partial charge in [-0.05, 0) is 19.1 Å². The lowest BCUT2D eigenvalue weighted by molar-refractivity contribution is -0.150. The maximum atomic E-state index is 12.3. The van der Waals surface area contributed by atoms with E-state index in [0.717, 1.165) is 12.8 Å². The van der Waals surface area contributed by atoms with Crippen molar-refractivity contribution in [2.45, 2.75) is 25.7 Å². The van der Waals surface area contributed by atoms with Crippen LogP contribution in [-0.2, 0) is 9.59 Å². The second-order valence-electron chi connectivity index (χ2n) is 4.50. The van der Waals surface area contributed by atoms with E-state index in [9.17, 15) is 14.4 Å². The molecule has 17 heavy (non-hydrogen) atoms. The first-order valence-electron chi connectivity index (χ1n) is 5.78. The molecule has 1 saturated carbocycles. The van der Waals surface area contributed by atoms with Gasteiger partial charge in [-0.25, -0.2) is 4.79 Å². The normalized spacial score (nSPS) is 23.4. The Hall–Kier alpha value is -1.04. The number of rotatable bonds is 3. The number of amides is 4. The summed E-state index contributed by atoms with van der Waals surface area (Å²) in [6, 6.07) is -0.563. The number of carbonyl (C=O) groups excluding carboxylic acids is 3. The van der Waals surface area contributed by atoms with Crippen LogP contribution in [0.5, 0.6) is 0 Å². The number of imide groups is 2. The first-order valence-corrected chi connectivity index (χ1v) is 7.17. The van der Waals surface area contributed by atoms with Crippen LogP contribution in [0.1, 0.15) is 25.7 Å². The van der Waals surface area contributed by atoms with E-state index >= 15 is 0 Å². The Bertz CT molecular complexity index is 364. The molecule has 1 saturated heterocycles. The lowest BCUT2D eigenvalue weighted by atomic mass is 9.82. The molecule has 94 valence electrons. The zero-order valence-corrected chi connectivity index (χ0v) is 10.6. The molecule has 1 aliphatic heterocycles. The van der Waals surface area contributed by atoms with Crippen molar-refractivity contribution >= 4 is 29.6 Å². The Morgan fingerprint density at radius 3 is 2.53 bits per heavy atom. The second kappa shape index (κ2) is 4.68. The molecule has 0 aromatic rings. The SMILES string of the molecule is CSCCN1C(=O)NC(=O)C2(CCCC2)C1=O. The molecule has 0 bridgehead atoms. The van der Waals surface area contributed by atoms with Crippen molar-refractivity contribution in [1.29, 1.82) is 0 Å². The van der Waals surface area contributed by atoms with Gasteiger partial charge in [-0.2, -0.15) is 11.8 Å². The molecule has 2 fully saturated rings. The van der Waals surface area contributed by atoms with Gasteiger partial charge in [0.1, 0.15) is 5.41 Å². The molecular formula is C11H16N2O3S. The Morgan fingerprint density at radius 2 is 1.94 bits per heavy atom. The van der Waals surface area contributed by atoms with Crippen molar-refractivity contribution in [3.05, 3.63) is 0 Å². The third kappa shape index (κ3) is 1.94. The first kappa shape index (κ1) is 12.4. The maximum Gasteiger partial charge on any atom is 0.330 e. The van der Waals surface area contributed by atoms with Crippen molar-refractivity contribution in [2.75, 3.05) is 18.6 Å². The molecule has 1 heterocycles. The van der Waals surface area contributed by atoms with Gasteiger partial charge in [0.25, 0.3) is 0 Å². The van der Waals surface area contributed by atoms with Crippen LogP contribution in [0, 0.1) is 5.41 Å². The van der Waals surface area contributed by atoms with Crippen molar-refractivity contribution in [2.24, 2.45) is 5.41 Å². The number of nitrogens with zero attached hydrogens (tertiary/aromatic N) is 1. The molecule has 1 aliphatic carbocycles. The zero-order valence-electron chi connectivity index (χ0n) is 9.82. The summed E-state index contributed by atoms with van der Waals surface area (Å²) in [5, 5.41) is 2.32. The molecule has 1 N–H and O–H groups in total. The van der Waals surface area contributed by atoms with Gasteiger partial charge in [0.05, 0.1) is 0 Å². The number of carbonyl (C=O) groups is 3. The predicted molar refractivity (Wildman–Crippen MR) is 64.5 cm³/mol. The van der Waals surface area contributed by atoms with Crippen LogP contribution in [0.2, 0.25) is 0 Å². The summed E-state index contributed by atoms with van der Waals surface area (Å²) in [6.45, 7) is 0.376. The zero-order chi connectivity index (χ0) is 12.5. The molecule has 4 amide bonds. The van der Waals surface area contributed by atoms with Crippen molar-refractivity contribution in [3.8, 4) is 0 Å². The standard InChI is InChI=1S/C11H16N2O3S/c1-17-7-6-13-9(15)11(4-2-3-5-11)8(14)12-10(13)16/h2-7H2,1H3,(H,12,14,16). The van der Waals surface area contributed by atoms with Crippen molar-refractivity contribution < 1.29 is 14.4 Å². The summed E-state index contributed by atoms with van der Waals surface area (Å²) in [5.74, 6) is 0.00637. The molecular weight excluding hydrogens is 240 g/mol. The number of hydrogen-bond acceptors (Lipinski definition) is 4. The molecule has 0 aromatic carbocycles. The molecule has 0 radical (unpaired) electrons. The molecule has 0 unspecified atom stereocenters. The minimum Gasteiger partial charge on any atom is -0.277 e. The van der Waals surface area contributed by atoms with E-state index in [4.69, 9.17) is 0 Å². The van der Waals surface area contributed by atoms with Crippen LogP contribution in [-0.4, -0.2) is 41.3 Å². The molecule has 2 rings (SSSR count). The summed E-state index contributed by atoms with van der Waals surface area (Å²) in [4.78, 5) is 37.0. The van der Waals surface area contributed by atoms with Gasteiger partial charge < -0.3 is 0 Å². The highest BCUT2D eigenvalue weighted by molar-refractivity contribution is 7.98. The Labute approximate surface area is 104 Å². The Kier molecular flexibility index (Phi) is 3.42.